The van der Waals surface area contributed by atoms with E-state index in [1.807, 2.05) is 42.5 Å². The standard InChI is InChI=1S/C18H12O3/c1-21-18-14(9-19)12-7-5-10-3-2-4-11-6-8-13(17(18)20)16(12)15(10)11/h2-9,20H,1H3. The van der Waals surface area contributed by atoms with E-state index in [1.165, 1.54) is 7.11 Å². The van der Waals surface area contributed by atoms with Crippen molar-refractivity contribution < 1.29 is 14.6 Å². The third kappa shape index (κ3) is 1.40. The molecule has 3 nitrogen and oxygen atoms in total. The molecule has 4 rings (SSSR count). The molecule has 0 fully saturated rings. The summed E-state index contributed by atoms with van der Waals surface area (Å²) in [5.41, 5.74) is 0.390. The molecule has 0 aromatic heterocycles. The second-order valence-corrected chi connectivity index (χ2v) is 5.09. The van der Waals surface area contributed by atoms with Gasteiger partial charge in [0.25, 0.3) is 0 Å². The van der Waals surface area contributed by atoms with Crippen molar-refractivity contribution in [2.24, 2.45) is 0 Å². The van der Waals surface area contributed by atoms with Crippen LogP contribution in [0.4, 0.5) is 0 Å². The van der Waals surface area contributed by atoms with Crippen LogP contribution >= 0.6 is 0 Å². The summed E-state index contributed by atoms with van der Waals surface area (Å²) in [6.45, 7) is 0. The highest BCUT2D eigenvalue weighted by atomic mass is 16.5. The van der Waals surface area contributed by atoms with Crippen molar-refractivity contribution in [3.63, 3.8) is 0 Å². The minimum absolute atomic E-state index is 0.0188. The number of ether oxygens (including phenoxy) is 1. The van der Waals surface area contributed by atoms with Crippen LogP contribution in [0.15, 0.2) is 42.5 Å². The molecular formula is C18H12O3. The zero-order valence-electron chi connectivity index (χ0n) is 11.4. The van der Waals surface area contributed by atoms with Gasteiger partial charge in [-0.2, -0.15) is 0 Å². The number of methoxy groups -OCH3 is 1. The fourth-order valence-corrected chi connectivity index (χ4v) is 3.20. The van der Waals surface area contributed by atoms with Gasteiger partial charge in [0.15, 0.2) is 17.8 Å². The summed E-state index contributed by atoms with van der Waals surface area (Å²) < 4.78 is 5.24. The highest BCUT2D eigenvalue weighted by Crippen LogP contribution is 2.45. The molecule has 0 radical (unpaired) electrons. The van der Waals surface area contributed by atoms with E-state index < -0.39 is 0 Å². The molecule has 0 heterocycles. The van der Waals surface area contributed by atoms with E-state index in [1.54, 1.807) is 0 Å². The molecule has 3 heteroatoms. The third-order valence-corrected chi connectivity index (χ3v) is 4.10. The number of hydrogen-bond donors (Lipinski definition) is 1. The average Bonchev–Trinajstić information content (AvgIpc) is 2.53. The topological polar surface area (TPSA) is 46.5 Å². The van der Waals surface area contributed by atoms with Gasteiger partial charge < -0.3 is 9.84 Å². The fraction of sp³-hybridized carbons (Fsp3) is 0.0556. The first kappa shape index (κ1) is 12.0. The summed E-state index contributed by atoms with van der Waals surface area (Å²) in [6, 6.07) is 13.8. The van der Waals surface area contributed by atoms with Crippen molar-refractivity contribution in [1.29, 1.82) is 0 Å². The molecule has 0 aliphatic carbocycles. The van der Waals surface area contributed by atoms with Crippen LogP contribution in [0.3, 0.4) is 0 Å². The van der Waals surface area contributed by atoms with Crippen LogP contribution in [0.1, 0.15) is 10.4 Å². The van der Waals surface area contributed by atoms with Crippen molar-refractivity contribution in [3.8, 4) is 11.5 Å². The first-order valence-corrected chi connectivity index (χ1v) is 6.68. The number of benzene rings is 4. The monoisotopic (exact) mass is 276 g/mol. The van der Waals surface area contributed by atoms with Crippen LogP contribution in [0.2, 0.25) is 0 Å². The normalized spacial score (nSPS) is 11.5. The number of carbonyl (C=O) groups is 1. The Labute approximate surface area is 120 Å². The van der Waals surface area contributed by atoms with Crippen molar-refractivity contribution in [2.75, 3.05) is 7.11 Å². The van der Waals surface area contributed by atoms with E-state index in [0.717, 1.165) is 33.2 Å². The van der Waals surface area contributed by atoms with Crippen LogP contribution in [0, 0.1) is 0 Å². The van der Waals surface area contributed by atoms with Gasteiger partial charge in [0.05, 0.1) is 12.7 Å². The van der Waals surface area contributed by atoms with Crippen molar-refractivity contribution in [3.05, 3.63) is 48.0 Å². The summed E-state index contributed by atoms with van der Waals surface area (Å²) >= 11 is 0. The second-order valence-electron chi connectivity index (χ2n) is 5.09. The van der Waals surface area contributed by atoms with Gasteiger partial charge in [-0.3, -0.25) is 4.79 Å². The molecule has 0 aliphatic heterocycles. The van der Waals surface area contributed by atoms with Gasteiger partial charge in [-0.05, 0) is 27.6 Å². The summed E-state index contributed by atoms with van der Waals surface area (Å²) in [7, 11) is 1.46. The average molecular weight is 276 g/mol. The molecule has 0 atom stereocenters. The maximum Gasteiger partial charge on any atom is 0.172 e. The maximum atomic E-state index is 11.5. The van der Waals surface area contributed by atoms with Crippen molar-refractivity contribution in [1.82, 2.24) is 0 Å². The molecule has 0 aliphatic rings. The number of aldehydes is 1. The highest BCUT2D eigenvalue weighted by molar-refractivity contribution is 6.27. The van der Waals surface area contributed by atoms with E-state index in [2.05, 4.69) is 0 Å². The number of rotatable bonds is 2. The molecule has 0 saturated heterocycles. The molecule has 0 unspecified atom stereocenters. The predicted octanol–water partition coefficient (Wildman–Crippen LogP) is 4.11. The Hall–Kier alpha value is -2.81. The van der Waals surface area contributed by atoms with Crippen LogP contribution in [0.5, 0.6) is 11.5 Å². The Morgan fingerprint density at radius 2 is 1.62 bits per heavy atom. The molecule has 0 spiro atoms. The Bertz CT molecular complexity index is 986. The lowest BCUT2D eigenvalue weighted by Crippen LogP contribution is -1.95. The second kappa shape index (κ2) is 4.09. The van der Waals surface area contributed by atoms with Gasteiger partial charge in [0, 0.05) is 10.8 Å². The zero-order valence-corrected chi connectivity index (χ0v) is 11.4. The van der Waals surface area contributed by atoms with E-state index in [-0.39, 0.29) is 11.5 Å². The van der Waals surface area contributed by atoms with Crippen molar-refractivity contribution >= 4 is 38.6 Å². The minimum atomic E-state index is 0.0188. The molecule has 0 saturated carbocycles. The summed E-state index contributed by atoms with van der Waals surface area (Å²) in [6.07, 6.45) is 0.741. The zero-order chi connectivity index (χ0) is 14.6. The maximum absolute atomic E-state index is 11.5. The van der Waals surface area contributed by atoms with Crippen LogP contribution in [-0.4, -0.2) is 18.5 Å². The van der Waals surface area contributed by atoms with Gasteiger partial charge in [-0.15, -0.1) is 0 Å². The predicted molar refractivity (Wildman–Crippen MR) is 83.8 cm³/mol. The van der Waals surface area contributed by atoms with Crippen molar-refractivity contribution in [2.45, 2.75) is 0 Å². The van der Waals surface area contributed by atoms with E-state index >= 15 is 0 Å². The molecule has 0 bridgehead atoms. The number of phenolic OH excluding ortho intramolecular Hbond substituents is 1. The fourth-order valence-electron chi connectivity index (χ4n) is 3.20. The Kier molecular flexibility index (Phi) is 2.33. The number of carbonyl (C=O) groups excluding carboxylic acids is 1. The smallest absolute Gasteiger partial charge is 0.172 e. The Morgan fingerprint density at radius 1 is 0.952 bits per heavy atom. The van der Waals surface area contributed by atoms with Gasteiger partial charge in [-0.25, -0.2) is 0 Å². The van der Waals surface area contributed by atoms with Gasteiger partial charge in [0.2, 0.25) is 0 Å². The molecule has 0 amide bonds. The van der Waals surface area contributed by atoms with Gasteiger partial charge in [-0.1, -0.05) is 36.4 Å². The number of aromatic hydroxyl groups is 1. The highest BCUT2D eigenvalue weighted by Gasteiger charge is 2.19. The lowest BCUT2D eigenvalue weighted by molar-refractivity contribution is 0.112. The van der Waals surface area contributed by atoms with E-state index in [0.29, 0.717) is 10.9 Å². The quantitative estimate of drug-likeness (QED) is 0.442. The van der Waals surface area contributed by atoms with Crippen LogP contribution < -0.4 is 4.74 Å². The molecule has 21 heavy (non-hydrogen) atoms. The molecule has 4 aromatic carbocycles. The lowest BCUT2D eigenvalue weighted by Gasteiger charge is -2.16. The first-order chi connectivity index (χ1) is 10.3. The molecule has 1 N–H and O–H groups in total. The van der Waals surface area contributed by atoms with Gasteiger partial charge in [0.1, 0.15) is 0 Å². The van der Waals surface area contributed by atoms with Crippen LogP contribution in [-0.2, 0) is 0 Å². The summed E-state index contributed by atoms with van der Waals surface area (Å²) in [5, 5.41) is 16.1. The van der Waals surface area contributed by atoms with E-state index in [4.69, 9.17) is 4.74 Å². The van der Waals surface area contributed by atoms with Crippen LogP contribution in [0.25, 0.3) is 32.3 Å². The Morgan fingerprint density at radius 3 is 2.24 bits per heavy atom. The first-order valence-electron chi connectivity index (χ1n) is 6.68. The summed E-state index contributed by atoms with van der Waals surface area (Å²) in [5.74, 6) is 0.251. The molecular weight excluding hydrogens is 264 g/mol. The largest absolute Gasteiger partial charge is 0.504 e. The Balaban J connectivity index is 2.41. The number of phenols is 1. The summed E-state index contributed by atoms with van der Waals surface area (Å²) in [4.78, 5) is 11.5. The minimum Gasteiger partial charge on any atom is -0.504 e. The lowest BCUT2D eigenvalue weighted by atomic mass is 9.91. The third-order valence-electron chi connectivity index (χ3n) is 4.10. The molecule has 4 aromatic rings. The van der Waals surface area contributed by atoms with Gasteiger partial charge >= 0.3 is 0 Å². The molecule has 102 valence electrons. The van der Waals surface area contributed by atoms with E-state index in [9.17, 15) is 9.90 Å². The SMILES string of the molecule is COc1c(O)c2ccc3cccc4ccc(c1C=O)c2c34. The number of hydrogen-bond acceptors (Lipinski definition) is 3.